The van der Waals surface area contributed by atoms with Gasteiger partial charge in [-0.3, -0.25) is 10.1 Å². The van der Waals surface area contributed by atoms with Crippen molar-refractivity contribution in [3.8, 4) is 0 Å². The van der Waals surface area contributed by atoms with Gasteiger partial charge in [0.25, 0.3) is 12.1 Å². The first-order valence-corrected chi connectivity index (χ1v) is 6.03. The molecule has 1 aromatic heterocycles. The predicted octanol–water partition coefficient (Wildman–Crippen LogP) is 0.245. The first-order valence-electron chi connectivity index (χ1n) is 6.03. The van der Waals surface area contributed by atoms with Crippen molar-refractivity contribution in [2.75, 3.05) is 13.2 Å². The highest BCUT2D eigenvalue weighted by molar-refractivity contribution is 5.80. The van der Waals surface area contributed by atoms with E-state index in [0.29, 0.717) is 0 Å². The van der Waals surface area contributed by atoms with E-state index in [4.69, 9.17) is 4.74 Å². The molecule has 0 radical (unpaired) electrons. The van der Waals surface area contributed by atoms with Crippen LogP contribution in [0.5, 0.6) is 0 Å². The Bertz CT molecular complexity index is 496. The summed E-state index contributed by atoms with van der Waals surface area (Å²) < 4.78 is 6.35. The SMILES string of the molecule is CCOC(=O)C(O)(C[N+](=O)[O-])c1nccn1C1CC1. The molecule has 104 valence electrons. The van der Waals surface area contributed by atoms with Crippen molar-refractivity contribution in [3.05, 3.63) is 28.3 Å². The maximum Gasteiger partial charge on any atom is 0.353 e. The molecule has 1 saturated carbocycles. The van der Waals surface area contributed by atoms with Crippen molar-refractivity contribution in [1.82, 2.24) is 9.55 Å². The summed E-state index contributed by atoms with van der Waals surface area (Å²) in [5.41, 5.74) is -2.34. The summed E-state index contributed by atoms with van der Waals surface area (Å²) in [5.74, 6) is -1.06. The molecule has 1 N–H and O–H groups in total. The number of hydrogen-bond acceptors (Lipinski definition) is 6. The van der Waals surface area contributed by atoms with Crippen molar-refractivity contribution in [2.45, 2.75) is 31.4 Å². The van der Waals surface area contributed by atoms with Crippen LogP contribution in [0.15, 0.2) is 12.4 Å². The smallest absolute Gasteiger partial charge is 0.353 e. The minimum absolute atomic E-state index is 0.0230. The fraction of sp³-hybridized carbons (Fsp3) is 0.636. The van der Waals surface area contributed by atoms with Crippen LogP contribution in [0.3, 0.4) is 0 Å². The number of hydrogen-bond donors (Lipinski definition) is 1. The van der Waals surface area contributed by atoms with Gasteiger partial charge >= 0.3 is 5.97 Å². The minimum atomic E-state index is -2.34. The van der Waals surface area contributed by atoms with Gasteiger partial charge in [0.1, 0.15) is 0 Å². The number of rotatable bonds is 6. The van der Waals surface area contributed by atoms with Gasteiger partial charge < -0.3 is 14.4 Å². The summed E-state index contributed by atoms with van der Waals surface area (Å²) in [6, 6.07) is 0.144. The van der Waals surface area contributed by atoms with Gasteiger partial charge in [-0.15, -0.1) is 0 Å². The van der Waals surface area contributed by atoms with Crippen LogP contribution >= 0.6 is 0 Å². The topological polar surface area (TPSA) is 107 Å². The summed E-state index contributed by atoms with van der Waals surface area (Å²) in [5, 5.41) is 21.1. The number of nitrogens with zero attached hydrogens (tertiary/aromatic N) is 3. The molecule has 1 aliphatic carbocycles. The van der Waals surface area contributed by atoms with Crippen molar-refractivity contribution >= 4 is 5.97 Å². The van der Waals surface area contributed by atoms with E-state index in [-0.39, 0.29) is 18.5 Å². The quantitative estimate of drug-likeness (QED) is 0.450. The maximum atomic E-state index is 11.9. The fourth-order valence-electron chi connectivity index (χ4n) is 1.94. The number of carbonyl (C=O) groups excluding carboxylic acids is 1. The Kier molecular flexibility index (Phi) is 3.52. The third kappa shape index (κ3) is 2.58. The molecule has 19 heavy (non-hydrogen) atoms. The maximum absolute atomic E-state index is 11.9. The van der Waals surface area contributed by atoms with Gasteiger partial charge in [-0.05, 0) is 19.8 Å². The number of aromatic nitrogens is 2. The van der Waals surface area contributed by atoms with E-state index in [9.17, 15) is 20.0 Å². The van der Waals surface area contributed by atoms with E-state index in [1.807, 2.05) is 0 Å². The lowest BCUT2D eigenvalue weighted by Crippen LogP contribution is -2.45. The molecular formula is C11H15N3O5. The highest BCUT2D eigenvalue weighted by Gasteiger charge is 2.50. The van der Waals surface area contributed by atoms with Gasteiger partial charge in [-0.25, -0.2) is 9.78 Å². The average Bonchev–Trinajstić information content (AvgIpc) is 3.05. The van der Waals surface area contributed by atoms with Gasteiger partial charge in [-0.1, -0.05) is 0 Å². The summed E-state index contributed by atoms with van der Waals surface area (Å²) in [4.78, 5) is 25.7. The molecule has 1 atom stereocenters. The van der Waals surface area contributed by atoms with E-state index in [0.717, 1.165) is 12.8 Å². The molecule has 0 amide bonds. The van der Waals surface area contributed by atoms with Crippen molar-refractivity contribution in [2.24, 2.45) is 0 Å². The van der Waals surface area contributed by atoms with E-state index >= 15 is 0 Å². The normalized spacial score (nSPS) is 17.8. The molecule has 8 heteroatoms. The number of aliphatic hydroxyl groups is 1. The second-order valence-electron chi connectivity index (χ2n) is 4.46. The molecule has 0 saturated heterocycles. The Hall–Kier alpha value is -1.96. The van der Waals surface area contributed by atoms with Gasteiger partial charge in [0.05, 0.1) is 6.61 Å². The molecule has 0 spiro atoms. The second-order valence-corrected chi connectivity index (χ2v) is 4.46. The fourth-order valence-corrected chi connectivity index (χ4v) is 1.94. The number of esters is 1. The number of carbonyl (C=O) groups is 1. The van der Waals surface area contributed by atoms with Crippen molar-refractivity contribution < 1.29 is 19.6 Å². The number of imidazole rings is 1. The molecule has 1 unspecified atom stereocenters. The van der Waals surface area contributed by atoms with E-state index in [2.05, 4.69) is 4.98 Å². The average molecular weight is 269 g/mol. The molecule has 1 aliphatic rings. The lowest BCUT2D eigenvalue weighted by atomic mass is 10.0. The highest BCUT2D eigenvalue weighted by atomic mass is 16.6. The van der Waals surface area contributed by atoms with Gasteiger partial charge in [0.15, 0.2) is 5.82 Å². The molecule has 8 nitrogen and oxygen atoms in total. The lowest BCUT2D eigenvalue weighted by Gasteiger charge is -2.22. The van der Waals surface area contributed by atoms with Crippen LogP contribution in [-0.2, 0) is 15.1 Å². The van der Waals surface area contributed by atoms with Crippen LogP contribution < -0.4 is 0 Å². The largest absolute Gasteiger partial charge is 0.463 e. The second kappa shape index (κ2) is 4.96. The Morgan fingerprint density at radius 3 is 2.95 bits per heavy atom. The molecule has 1 fully saturated rings. The molecule has 0 aromatic carbocycles. The summed E-state index contributed by atoms with van der Waals surface area (Å²) >= 11 is 0. The predicted molar refractivity (Wildman–Crippen MR) is 62.9 cm³/mol. The summed E-state index contributed by atoms with van der Waals surface area (Å²) in [6.45, 7) is 0.635. The molecule has 1 aromatic rings. The highest BCUT2D eigenvalue weighted by Crippen LogP contribution is 2.38. The Labute approximate surface area is 109 Å². The Morgan fingerprint density at radius 2 is 2.42 bits per heavy atom. The zero-order chi connectivity index (χ0) is 14.0. The van der Waals surface area contributed by atoms with Crippen molar-refractivity contribution in [1.29, 1.82) is 0 Å². The number of nitro groups is 1. The summed E-state index contributed by atoms with van der Waals surface area (Å²) in [6.07, 6.45) is 4.83. The van der Waals surface area contributed by atoms with Crippen LogP contribution in [-0.4, -0.2) is 38.7 Å². The van der Waals surface area contributed by atoms with Gasteiger partial charge in [0.2, 0.25) is 0 Å². The van der Waals surface area contributed by atoms with Gasteiger partial charge in [-0.2, -0.15) is 0 Å². The first-order chi connectivity index (χ1) is 8.99. The zero-order valence-electron chi connectivity index (χ0n) is 10.5. The van der Waals surface area contributed by atoms with Crippen molar-refractivity contribution in [3.63, 3.8) is 0 Å². The van der Waals surface area contributed by atoms with Crippen LogP contribution in [0.4, 0.5) is 0 Å². The molecule has 0 bridgehead atoms. The zero-order valence-corrected chi connectivity index (χ0v) is 10.5. The Balaban J connectivity index is 2.38. The number of ether oxygens (including phenoxy) is 1. The van der Waals surface area contributed by atoms with Crippen LogP contribution in [0, 0.1) is 10.1 Å². The van der Waals surface area contributed by atoms with Crippen LogP contribution in [0.1, 0.15) is 31.6 Å². The Morgan fingerprint density at radius 1 is 1.74 bits per heavy atom. The van der Waals surface area contributed by atoms with E-state index in [1.54, 1.807) is 17.7 Å². The van der Waals surface area contributed by atoms with Gasteiger partial charge in [0, 0.05) is 23.4 Å². The molecule has 0 aliphatic heterocycles. The van der Waals surface area contributed by atoms with Crippen LogP contribution in [0.2, 0.25) is 0 Å². The lowest BCUT2D eigenvalue weighted by molar-refractivity contribution is -0.499. The molecular weight excluding hydrogens is 254 g/mol. The first kappa shape index (κ1) is 13.5. The molecule has 1 heterocycles. The van der Waals surface area contributed by atoms with E-state index < -0.39 is 23.0 Å². The monoisotopic (exact) mass is 269 g/mol. The standard InChI is InChI=1S/C11H15N3O5/c1-2-19-10(15)11(16,7-14(17)18)9-12-5-6-13(9)8-3-4-8/h5-6,8,16H,2-4,7H2,1H3. The summed E-state index contributed by atoms with van der Waals surface area (Å²) in [7, 11) is 0. The van der Waals surface area contributed by atoms with E-state index in [1.165, 1.54) is 6.20 Å². The molecule has 2 rings (SSSR count). The van der Waals surface area contributed by atoms with Crippen LogP contribution in [0.25, 0.3) is 0 Å². The third-order valence-electron chi connectivity index (χ3n) is 2.95. The third-order valence-corrected chi connectivity index (χ3v) is 2.95. The minimum Gasteiger partial charge on any atom is -0.463 e.